The highest BCUT2D eigenvalue weighted by Crippen LogP contribution is 2.17. The first-order chi connectivity index (χ1) is 9.08. The summed E-state index contributed by atoms with van der Waals surface area (Å²) < 4.78 is 0. The van der Waals surface area contributed by atoms with E-state index in [-0.39, 0.29) is 17.6 Å². The largest absolute Gasteiger partial charge is 0.374 e. The summed E-state index contributed by atoms with van der Waals surface area (Å²) in [6.07, 6.45) is 2.13. The molecule has 1 aromatic carbocycles. The minimum absolute atomic E-state index is 0.0454. The van der Waals surface area contributed by atoms with Crippen LogP contribution in [0, 0.1) is 10.1 Å². The predicted octanol–water partition coefficient (Wildman–Crippen LogP) is 2.02. The van der Waals surface area contributed by atoms with Gasteiger partial charge in [-0.1, -0.05) is 0 Å². The van der Waals surface area contributed by atoms with Gasteiger partial charge < -0.3 is 10.2 Å². The van der Waals surface area contributed by atoms with Gasteiger partial charge >= 0.3 is 0 Å². The molecule has 0 aliphatic carbocycles. The van der Waals surface area contributed by atoms with Gasteiger partial charge in [-0.3, -0.25) is 14.9 Å². The Labute approximate surface area is 111 Å². The molecule has 1 unspecified atom stereocenters. The van der Waals surface area contributed by atoms with Crippen LogP contribution >= 0.6 is 0 Å². The number of hydrogen-bond acceptors (Lipinski definition) is 4. The van der Waals surface area contributed by atoms with E-state index in [1.54, 1.807) is 12.1 Å². The van der Waals surface area contributed by atoms with Gasteiger partial charge in [-0.05, 0) is 31.9 Å². The normalized spacial score (nSPS) is 16.2. The third-order valence-electron chi connectivity index (χ3n) is 3.25. The highest BCUT2D eigenvalue weighted by Gasteiger charge is 2.23. The first kappa shape index (κ1) is 13.3. The highest BCUT2D eigenvalue weighted by molar-refractivity contribution is 5.84. The van der Waals surface area contributed by atoms with Crippen LogP contribution < -0.4 is 5.32 Å². The molecule has 0 aromatic heterocycles. The fourth-order valence-electron chi connectivity index (χ4n) is 2.20. The third kappa shape index (κ3) is 3.21. The lowest BCUT2D eigenvalue weighted by atomic mass is 10.2. The second-order valence-electron chi connectivity index (χ2n) is 4.70. The first-order valence-electron chi connectivity index (χ1n) is 6.38. The summed E-state index contributed by atoms with van der Waals surface area (Å²) in [7, 11) is 0. The van der Waals surface area contributed by atoms with Crippen molar-refractivity contribution in [1.82, 2.24) is 4.90 Å². The van der Waals surface area contributed by atoms with Crippen LogP contribution in [0.1, 0.15) is 19.8 Å². The molecule has 19 heavy (non-hydrogen) atoms. The van der Waals surface area contributed by atoms with E-state index < -0.39 is 4.92 Å². The number of anilines is 1. The number of nitro benzene ring substituents is 1. The molecular formula is C13H17N3O3. The summed E-state index contributed by atoms with van der Waals surface area (Å²) in [4.78, 5) is 24.0. The number of nitrogens with zero attached hydrogens (tertiary/aromatic N) is 2. The molecule has 6 nitrogen and oxygen atoms in total. The fraction of sp³-hybridized carbons (Fsp3) is 0.462. The zero-order valence-electron chi connectivity index (χ0n) is 10.8. The van der Waals surface area contributed by atoms with E-state index in [2.05, 4.69) is 5.32 Å². The lowest BCUT2D eigenvalue weighted by molar-refractivity contribution is -0.384. The van der Waals surface area contributed by atoms with Crippen LogP contribution in [0.15, 0.2) is 24.3 Å². The minimum atomic E-state index is -0.442. The zero-order chi connectivity index (χ0) is 13.8. The van der Waals surface area contributed by atoms with Crippen molar-refractivity contribution in [3.8, 4) is 0 Å². The number of nitrogens with one attached hydrogen (secondary N) is 1. The maximum absolute atomic E-state index is 12.1. The summed E-state index contributed by atoms with van der Waals surface area (Å²) in [6.45, 7) is 3.46. The number of hydrogen-bond donors (Lipinski definition) is 1. The average Bonchev–Trinajstić information content (AvgIpc) is 2.92. The van der Waals surface area contributed by atoms with Gasteiger partial charge in [-0.2, -0.15) is 0 Å². The predicted molar refractivity (Wildman–Crippen MR) is 72.0 cm³/mol. The van der Waals surface area contributed by atoms with Crippen LogP contribution in [0.25, 0.3) is 0 Å². The van der Waals surface area contributed by atoms with E-state index in [4.69, 9.17) is 0 Å². The SMILES string of the molecule is CC(Nc1ccc([N+](=O)[O-])cc1)C(=O)N1CCCC1. The summed E-state index contributed by atoms with van der Waals surface area (Å²) in [5.41, 5.74) is 0.759. The van der Waals surface area contributed by atoms with Gasteiger partial charge in [0.1, 0.15) is 6.04 Å². The molecule has 1 fully saturated rings. The van der Waals surface area contributed by atoms with Gasteiger partial charge in [-0.15, -0.1) is 0 Å². The Morgan fingerprint density at radius 2 is 1.89 bits per heavy atom. The number of amides is 1. The Bertz CT molecular complexity index is 467. The molecule has 2 rings (SSSR count). The molecule has 1 aliphatic heterocycles. The van der Waals surface area contributed by atoms with Crippen molar-refractivity contribution in [2.24, 2.45) is 0 Å². The zero-order valence-corrected chi connectivity index (χ0v) is 10.8. The Kier molecular flexibility index (Phi) is 3.99. The standard InChI is InChI=1S/C13H17N3O3/c1-10(13(17)15-8-2-3-9-15)14-11-4-6-12(7-5-11)16(18)19/h4-7,10,14H,2-3,8-9H2,1H3. The highest BCUT2D eigenvalue weighted by atomic mass is 16.6. The molecule has 1 aliphatic rings. The van der Waals surface area contributed by atoms with Crippen molar-refractivity contribution in [2.75, 3.05) is 18.4 Å². The van der Waals surface area contributed by atoms with Gasteiger partial charge in [-0.25, -0.2) is 0 Å². The molecule has 0 radical (unpaired) electrons. The monoisotopic (exact) mass is 263 g/mol. The van der Waals surface area contributed by atoms with Gasteiger partial charge in [0.2, 0.25) is 5.91 Å². The van der Waals surface area contributed by atoms with Gasteiger partial charge in [0, 0.05) is 30.9 Å². The molecule has 102 valence electrons. The van der Waals surface area contributed by atoms with Crippen LogP contribution in [-0.4, -0.2) is 34.9 Å². The van der Waals surface area contributed by atoms with E-state index >= 15 is 0 Å². The molecular weight excluding hydrogens is 246 g/mol. The van der Waals surface area contributed by atoms with Crippen LogP contribution in [0.3, 0.4) is 0 Å². The van der Waals surface area contributed by atoms with E-state index in [1.165, 1.54) is 12.1 Å². The first-order valence-corrected chi connectivity index (χ1v) is 6.38. The maximum Gasteiger partial charge on any atom is 0.269 e. The van der Waals surface area contributed by atoms with E-state index in [9.17, 15) is 14.9 Å². The second-order valence-corrected chi connectivity index (χ2v) is 4.70. The van der Waals surface area contributed by atoms with Crippen LogP contribution in [0.2, 0.25) is 0 Å². The Morgan fingerprint density at radius 1 is 1.32 bits per heavy atom. The van der Waals surface area contributed by atoms with Crippen molar-refractivity contribution in [2.45, 2.75) is 25.8 Å². The number of nitro groups is 1. The number of carbonyl (C=O) groups excluding carboxylic acids is 1. The van der Waals surface area contributed by atoms with Gasteiger partial charge in [0.15, 0.2) is 0 Å². The molecule has 1 saturated heterocycles. The Hall–Kier alpha value is -2.11. The summed E-state index contributed by atoms with van der Waals surface area (Å²) in [5.74, 6) is 0.0795. The quantitative estimate of drug-likeness (QED) is 0.666. The lowest BCUT2D eigenvalue weighted by Gasteiger charge is -2.21. The van der Waals surface area contributed by atoms with Crippen LogP contribution in [0.4, 0.5) is 11.4 Å². The number of likely N-dealkylation sites (tertiary alicyclic amines) is 1. The molecule has 0 spiro atoms. The number of rotatable bonds is 4. The average molecular weight is 263 g/mol. The Balaban J connectivity index is 1.96. The van der Waals surface area contributed by atoms with Crippen LogP contribution in [0.5, 0.6) is 0 Å². The Morgan fingerprint density at radius 3 is 2.42 bits per heavy atom. The van der Waals surface area contributed by atoms with Crippen molar-refractivity contribution in [3.05, 3.63) is 34.4 Å². The summed E-state index contributed by atoms with van der Waals surface area (Å²) in [5, 5.41) is 13.6. The van der Waals surface area contributed by atoms with Crippen molar-refractivity contribution in [1.29, 1.82) is 0 Å². The molecule has 1 atom stereocenters. The fourth-order valence-corrected chi connectivity index (χ4v) is 2.20. The van der Waals surface area contributed by atoms with Gasteiger partial charge in [0.25, 0.3) is 5.69 Å². The van der Waals surface area contributed by atoms with E-state index in [1.807, 2.05) is 11.8 Å². The lowest BCUT2D eigenvalue weighted by Crippen LogP contribution is -2.39. The number of carbonyl (C=O) groups is 1. The number of non-ortho nitro benzene ring substituents is 1. The summed E-state index contributed by atoms with van der Waals surface area (Å²) >= 11 is 0. The summed E-state index contributed by atoms with van der Waals surface area (Å²) in [6, 6.07) is 5.77. The molecule has 6 heteroatoms. The van der Waals surface area contributed by atoms with Crippen LogP contribution in [-0.2, 0) is 4.79 Å². The molecule has 1 amide bonds. The van der Waals surface area contributed by atoms with Gasteiger partial charge in [0.05, 0.1) is 4.92 Å². The molecule has 0 bridgehead atoms. The molecule has 1 aromatic rings. The molecule has 0 saturated carbocycles. The van der Waals surface area contributed by atoms with Crippen molar-refractivity contribution >= 4 is 17.3 Å². The van der Waals surface area contributed by atoms with E-state index in [0.29, 0.717) is 5.69 Å². The second kappa shape index (κ2) is 5.69. The maximum atomic E-state index is 12.1. The number of benzene rings is 1. The smallest absolute Gasteiger partial charge is 0.269 e. The topological polar surface area (TPSA) is 75.5 Å². The molecule has 1 N–H and O–H groups in total. The van der Waals surface area contributed by atoms with Crippen molar-refractivity contribution in [3.63, 3.8) is 0 Å². The minimum Gasteiger partial charge on any atom is -0.374 e. The van der Waals surface area contributed by atoms with Crippen molar-refractivity contribution < 1.29 is 9.72 Å². The van der Waals surface area contributed by atoms with E-state index in [0.717, 1.165) is 25.9 Å². The molecule has 1 heterocycles. The third-order valence-corrected chi connectivity index (χ3v) is 3.25.